The third-order valence-electron chi connectivity index (χ3n) is 4.47. The SMILES string of the molecule is O=C(CNC(=O)c1ccc2nc(-n3cccc3)sc2c1)N[C@@H]1CCS(=O)(=O)C1. The van der Waals surface area contributed by atoms with Gasteiger partial charge in [0.1, 0.15) is 0 Å². The van der Waals surface area contributed by atoms with Crippen molar-refractivity contribution in [3.05, 3.63) is 48.3 Å². The molecule has 8 nitrogen and oxygen atoms in total. The lowest BCUT2D eigenvalue weighted by Crippen LogP contribution is -2.42. The van der Waals surface area contributed by atoms with Gasteiger partial charge in [0.2, 0.25) is 5.91 Å². The molecule has 2 N–H and O–H groups in total. The van der Waals surface area contributed by atoms with Gasteiger partial charge in [-0.05, 0) is 36.8 Å². The molecule has 2 aromatic heterocycles. The van der Waals surface area contributed by atoms with Crippen molar-refractivity contribution in [1.29, 1.82) is 0 Å². The Morgan fingerprint density at radius 3 is 2.75 bits per heavy atom. The fourth-order valence-corrected chi connectivity index (χ4v) is 5.72. The van der Waals surface area contributed by atoms with Gasteiger partial charge in [-0.1, -0.05) is 11.3 Å². The topological polar surface area (TPSA) is 110 Å². The number of thiazole rings is 1. The normalized spacial score (nSPS) is 18.2. The van der Waals surface area contributed by atoms with E-state index in [0.29, 0.717) is 12.0 Å². The predicted molar refractivity (Wildman–Crippen MR) is 106 cm³/mol. The Bertz CT molecular complexity index is 1140. The summed E-state index contributed by atoms with van der Waals surface area (Å²) in [5.74, 6) is -0.723. The van der Waals surface area contributed by atoms with Gasteiger partial charge < -0.3 is 15.2 Å². The second kappa shape index (κ2) is 7.36. The summed E-state index contributed by atoms with van der Waals surface area (Å²) in [5, 5.41) is 6.03. The molecule has 2 amide bonds. The Hall–Kier alpha value is -2.72. The minimum absolute atomic E-state index is 0.0432. The van der Waals surface area contributed by atoms with E-state index in [4.69, 9.17) is 0 Å². The number of aromatic nitrogens is 2. The molecule has 1 aromatic carbocycles. The molecule has 1 aliphatic rings. The van der Waals surface area contributed by atoms with Crippen LogP contribution < -0.4 is 10.6 Å². The molecule has 1 aliphatic heterocycles. The first-order valence-corrected chi connectivity index (χ1v) is 11.4. The highest BCUT2D eigenvalue weighted by molar-refractivity contribution is 7.91. The minimum Gasteiger partial charge on any atom is -0.351 e. The van der Waals surface area contributed by atoms with E-state index in [9.17, 15) is 18.0 Å². The number of benzene rings is 1. The molecule has 1 fully saturated rings. The summed E-state index contributed by atoms with van der Waals surface area (Å²) >= 11 is 1.47. The smallest absolute Gasteiger partial charge is 0.251 e. The van der Waals surface area contributed by atoms with E-state index in [-0.39, 0.29) is 30.0 Å². The molecule has 0 saturated carbocycles. The second-order valence-corrected chi connectivity index (χ2v) is 9.86. The average molecular weight is 419 g/mol. The molecule has 0 spiro atoms. The zero-order chi connectivity index (χ0) is 19.7. The summed E-state index contributed by atoms with van der Waals surface area (Å²) in [6.45, 7) is -0.204. The highest BCUT2D eigenvalue weighted by Crippen LogP contribution is 2.26. The summed E-state index contributed by atoms with van der Waals surface area (Å²) in [4.78, 5) is 28.9. The van der Waals surface area contributed by atoms with Crippen molar-refractivity contribution in [2.24, 2.45) is 0 Å². The predicted octanol–water partition coefficient (Wildman–Crippen LogP) is 1.12. The Morgan fingerprint density at radius 1 is 1.25 bits per heavy atom. The van der Waals surface area contributed by atoms with Crippen LogP contribution in [0.1, 0.15) is 16.8 Å². The second-order valence-electron chi connectivity index (χ2n) is 6.62. The number of hydrogen-bond acceptors (Lipinski definition) is 6. The number of sulfone groups is 1. The fraction of sp³-hybridized carbons (Fsp3) is 0.278. The Labute approximate surface area is 165 Å². The number of carbonyl (C=O) groups excluding carboxylic acids is 2. The molecule has 3 aromatic rings. The van der Waals surface area contributed by atoms with E-state index in [1.165, 1.54) is 11.3 Å². The molecule has 28 heavy (non-hydrogen) atoms. The first-order valence-electron chi connectivity index (χ1n) is 8.71. The van der Waals surface area contributed by atoms with Crippen molar-refractivity contribution in [2.75, 3.05) is 18.1 Å². The maximum absolute atomic E-state index is 12.4. The lowest BCUT2D eigenvalue weighted by atomic mass is 10.2. The van der Waals surface area contributed by atoms with Gasteiger partial charge in [-0.3, -0.25) is 9.59 Å². The number of carbonyl (C=O) groups is 2. The Morgan fingerprint density at radius 2 is 2.04 bits per heavy atom. The molecule has 0 bridgehead atoms. The molecule has 146 valence electrons. The van der Waals surface area contributed by atoms with Crippen LogP contribution in [0.3, 0.4) is 0 Å². The van der Waals surface area contributed by atoms with Crippen LogP contribution in [-0.2, 0) is 14.6 Å². The van der Waals surface area contributed by atoms with Crippen LogP contribution in [0.4, 0.5) is 0 Å². The Balaban J connectivity index is 1.38. The zero-order valence-electron chi connectivity index (χ0n) is 14.8. The number of fused-ring (bicyclic) bond motifs is 1. The van der Waals surface area contributed by atoms with Gasteiger partial charge in [0.25, 0.3) is 5.91 Å². The van der Waals surface area contributed by atoms with Crippen molar-refractivity contribution in [3.63, 3.8) is 0 Å². The molecular weight excluding hydrogens is 400 g/mol. The van der Waals surface area contributed by atoms with Gasteiger partial charge in [-0.15, -0.1) is 0 Å². The van der Waals surface area contributed by atoms with E-state index in [1.54, 1.807) is 18.2 Å². The molecule has 1 saturated heterocycles. The quantitative estimate of drug-likeness (QED) is 0.645. The summed E-state index contributed by atoms with van der Waals surface area (Å²) in [6, 6.07) is 8.63. The van der Waals surface area contributed by atoms with E-state index in [2.05, 4.69) is 15.6 Å². The number of rotatable bonds is 5. The van der Waals surface area contributed by atoms with Crippen molar-refractivity contribution in [2.45, 2.75) is 12.5 Å². The highest BCUT2D eigenvalue weighted by atomic mass is 32.2. The average Bonchev–Trinajstić information content (AvgIpc) is 3.38. The van der Waals surface area contributed by atoms with Crippen molar-refractivity contribution in [3.8, 4) is 5.13 Å². The zero-order valence-corrected chi connectivity index (χ0v) is 16.4. The molecule has 10 heteroatoms. The largest absolute Gasteiger partial charge is 0.351 e. The standard InChI is InChI=1S/C18H18N4O4S2/c23-16(20-13-5-8-28(25,26)11-13)10-19-17(24)12-3-4-14-15(9-12)27-18(21-14)22-6-1-2-7-22/h1-4,6-7,9,13H,5,8,10-11H2,(H,19,24)(H,20,23)/t13-/m1/s1. The number of nitrogens with zero attached hydrogens (tertiary/aromatic N) is 2. The van der Waals surface area contributed by atoms with E-state index < -0.39 is 15.7 Å². The summed E-state index contributed by atoms with van der Waals surface area (Å²) in [7, 11) is -3.06. The van der Waals surface area contributed by atoms with Gasteiger partial charge in [-0.25, -0.2) is 13.4 Å². The van der Waals surface area contributed by atoms with Crippen molar-refractivity contribution < 1.29 is 18.0 Å². The van der Waals surface area contributed by atoms with Crippen LogP contribution in [-0.4, -0.2) is 53.9 Å². The van der Waals surface area contributed by atoms with Crippen LogP contribution in [0.15, 0.2) is 42.7 Å². The van der Waals surface area contributed by atoms with E-state index in [1.807, 2.05) is 29.1 Å². The molecule has 0 aliphatic carbocycles. The molecule has 0 unspecified atom stereocenters. The minimum atomic E-state index is -3.06. The number of amides is 2. The monoisotopic (exact) mass is 418 g/mol. The van der Waals surface area contributed by atoms with Crippen molar-refractivity contribution >= 4 is 43.2 Å². The molecule has 1 atom stereocenters. The fourth-order valence-electron chi connectivity index (χ4n) is 3.08. The third-order valence-corrected chi connectivity index (χ3v) is 7.27. The number of nitrogens with one attached hydrogen (secondary N) is 2. The van der Waals surface area contributed by atoms with Gasteiger partial charge in [0, 0.05) is 24.0 Å². The first kappa shape index (κ1) is 18.6. The molecule has 0 radical (unpaired) electrons. The lowest BCUT2D eigenvalue weighted by Gasteiger charge is -2.11. The summed E-state index contributed by atoms with van der Waals surface area (Å²) in [6.07, 6.45) is 4.22. The molecule has 4 rings (SSSR count). The van der Waals surface area contributed by atoms with Crippen LogP contribution in [0.25, 0.3) is 15.3 Å². The first-order chi connectivity index (χ1) is 13.4. The third kappa shape index (κ3) is 4.07. The van der Waals surface area contributed by atoms with Gasteiger partial charge in [0.05, 0.1) is 28.3 Å². The van der Waals surface area contributed by atoms with E-state index >= 15 is 0 Å². The van der Waals surface area contributed by atoms with Crippen molar-refractivity contribution in [1.82, 2.24) is 20.2 Å². The van der Waals surface area contributed by atoms with Gasteiger partial charge in [0.15, 0.2) is 15.0 Å². The van der Waals surface area contributed by atoms with Crippen LogP contribution in [0.5, 0.6) is 0 Å². The summed E-state index contributed by atoms with van der Waals surface area (Å²) in [5.41, 5.74) is 1.23. The number of hydrogen-bond donors (Lipinski definition) is 2. The Kier molecular flexibility index (Phi) is 4.90. The van der Waals surface area contributed by atoms with Gasteiger partial charge >= 0.3 is 0 Å². The molecular formula is C18H18N4O4S2. The lowest BCUT2D eigenvalue weighted by molar-refractivity contribution is -0.120. The van der Waals surface area contributed by atoms with E-state index in [0.717, 1.165) is 15.3 Å². The maximum Gasteiger partial charge on any atom is 0.251 e. The summed E-state index contributed by atoms with van der Waals surface area (Å²) < 4.78 is 25.6. The highest BCUT2D eigenvalue weighted by Gasteiger charge is 2.28. The molecule has 3 heterocycles. The maximum atomic E-state index is 12.4. The van der Waals surface area contributed by atoms with Crippen LogP contribution >= 0.6 is 11.3 Å². The van der Waals surface area contributed by atoms with Crippen LogP contribution in [0.2, 0.25) is 0 Å². The van der Waals surface area contributed by atoms with Gasteiger partial charge in [-0.2, -0.15) is 0 Å². The van der Waals surface area contributed by atoms with Crippen LogP contribution in [0, 0.1) is 0 Å².